The summed E-state index contributed by atoms with van der Waals surface area (Å²) < 4.78 is 6.27. The van der Waals surface area contributed by atoms with Crippen LogP contribution >= 0.6 is 27.3 Å². The van der Waals surface area contributed by atoms with E-state index < -0.39 is 0 Å². The standard InChI is InChI=1S/C15H18BrNOS/c1-17-12(10-13-4-3-7-19-13)8-11-5-6-15(18-2)14(16)9-11/h3-7,9,12,17H,8,10H2,1-2H3. The van der Waals surface area contributed by atoms with Crippen molar-refractivity contribution in [3.8, 4) is 5.75 Å². The van der Waals surface area contributed by atoms with E-state index in [1.807, 2.05) is 24.5 Å². The lowest BCUT2D eigenvalue weighted by Crippen LogP contribution is -2.29. The Balaban J connectivity index is 2.03. The number of halogens is 1. The minimum absolute atomic E-state index is 0.457. The van der Waals surface area contributed by atoms with Crippen LogP contribution in [-0.4, -0.2) is 20.2 Å². The van der Waals surface area contributed by atoms with E-state index in [2.05, 4.69) is 50.9 Å². The van der Waals surface area contributed by atoms with Crippen molar-refractivity contribution in [3.05, 3.63) is 50.6 Å². The fourth-order valence-electron chi connectivity index (χ4n) is 2.07. The van der Waals surface area contributed by atoms with Gasteiger partial charge < -0.3 is 10.1 Å². The molecular formula is C15H18BrNOS. The molecule has 4 heteroatoms. The van der Waals surface area contributed by atoms with Gasteiger partial charge in [-0.2, -0.15) is 0 Å². The van der Waals surface area contributed by atoms with Crippen LogP contribution in [0.25, 0.3) is 0 Å². The Kier molecular flexibility index (Phi) is 5.43. The van der Waals surface area contributed by atoms with E-state index >= 15 is 0 Å². The number of likely N-dealkylation sites (N-methyl/N-ethyl adjacent to an activating group) is 1. The van der Waals surface area contributed by atoms with Gasteiger partial charge in [0.2, 0.25) is 0 Å². The average molecular weight is 340 g/mol. The Hall–Kier alpha value is -0.840. The first-order chi connectivity index (χ1) is 9.22. The molecule has 0 aliphatic carbocycles. The van der Waals surface area contributed by atoms with Crippen LogP contribution in [0.1, 0.15) is 10.4 Å². The molecule has 19 heavy (non-hydrogen) atoms. The third-order valence-corrected chi connectivity index (χ3v) is 4.65. The van der Waals surface area contributed by atoms with E-state index in [0.717, 1.165) is 23.1 Å². The fraction of sp³-hybridized carbons (Fsp3) is 0.333. The molecule has 1 aromatic carbocycles. The molecule has 0 fully saturated rings. The van der Waals surface area contributed by atoms with Crippen LogP contribution < -0.4 is 10.1 Å². The van der Waals surface area contributed by atoms with E-state index in [1.165, 1.54) is 10.4 Å². The highest BCUT2D eigenvalue weighted by atomic mass is 79.9. The van der Waals surface area contributed by atoms with Gasteiger partial charge in [0.25, 0.3) is 0 Å². The number of rotatable bonds is 6. The molecule has 2 aromatic rings. The Morgan fingerprint density at radius 3 is 2.74 bits per heavy atom. The molecule has 0 spiro atoms. The van der Waals surface area contributed by atoms with Crippen molar-refractivity contribution in [1.82, 2.24) is 5.32 Å². The molecule has 1 atom stereocenters. The molecule has 2 nitrogen and oxygen atoms in total. The Labute approximate surface area is 126 Å². The second-order valence-electron chi connectivity index (χ2n) is 4.44. The summed E-state index contributed by atoms with van der Waals surface area (Å²) in [7, 11) is 3.71. The number of nitrogens with one attached hydrogen (secondary N) is 1. The van der Waals surface area contributed by atoms with E-state index in [0.29, 0.717) is 6.04 Å². The maximum Gasteiger partial charge on any atom is 0.133 e. The molecule has 0 aliphatic heterocycles. The molecule has 1 unspecified atom stereocenters. The van der Waals surface area contributed by atoms with Crippen molar-refractivity contribution in [2.24, 2.45) is 0 Å². The number of hydrogen-bond acceptors (Lipinski definition) is 3. The predicted octanol–water partition coefficient (Wildman–Crippen LogP) is 3.89. The lowest BCUT2D eigenvalue weighted by molar-refractivity contribution is 0.412. The molecule has 0 aliphatic rings. The summed E-state index contributed by atoms with van der Waals surface area (Å²) in [4.78, 5) is 1.42. The maximum absolute atomic E-state index is 5.26. The van der Waals surface area contributed by atoms with Crippen LogP contribution in [0, 0.1) is 0 Å². The molecule has 1 heterocycles. The minimum Gasteiger partial charge on any atom is -0.496 e. The third kappa shape index (κ3) is 4.06. The van der Waals surface area contributed by atoms with Crippen molar-refractivity contribution >= 4 is 27.3 Å². The molecule has 0 bridgehead atoms. The smallest absolute Gasteiger partial charge is 0.133 e. The largest absolute Gasteiger partial charge is 0.496 e. The summed E-state index contributed by atoms with van der Waals surface area (Å²) >= 11 is 5.35. The average Bonchev–Trinajstić information content (AvgIpc) is 2.91. The van der Waals surface area contributed by atoms with Gasteiger partial charge in [0, 0.05) is 10.9 Å². The number of thiophene rings is 1. The van der Waals surface area contributed by atoms with E-state index in [1.54, 1.807) is 7.11 Å². The SMILES string of the molecule is CNC(Cc1ccc(OC)c(Br)c1)Cc1cccs1. The van der Waals surface area contributed by atoms with E-state index in [9.17, 15) is 0 Å². The molecule has 0 saturated carbocycles. The zero-order valence-corrected chi connectivity index (χ0v) is 13.6. The summed E-state index contributed by atoms with van der Waals surface area (Å²) in [6, 6.07) is 11.0. The maximum atomic E-state index is 5.26. The zero-order chi connectivity index (χ0) is 13.7. The molecule has 1 N–H and O–H groups in total. The van der Waals surface area contributed by atoms with Gasteiger partial charge >= 0.3 is 0 Å². The van der Waals surface area contributed by atoms with Gasteiger partial charge in [-0.3, -0.25) is 0 Å². The van der Waals surface area contributed by atoms with Crippen molar-refractivity contribution in [2.75, 3.05) is 14.2 Å². The van der Waals surface area contributed by atoms with Crippen LogP contribution in [0.4, 0.5) is 0 Å². The van der Waals surface area contributed by atoms with Crippen LogP contribution in [0.15, 0.2) is 40.2 Å². The Morgan fingerprint density at radius 2 is 2.16 bits per heavy atom. The monoisotopic (exact) mass is 339 g/mol. The quantitative estimate of drug-likeness (QED) is 0.861. The topological polar surface area (TPSA) is 21.3 Å². The first kappa shape index (κ1) is 14.6. The van der Waals surface area contributed by atoms with Crippen LogP contribution in [0.2, 0.25) is 0 Å². The van der Waals surface area contributed by atoms with Crippen LogP contribution in [0.3, 0.4) is 0 Å². The molecule has 2 rings (SSSR count). The normalized spacial score (nSPS) is 12.4. The summed E-state index contributed by atoms with van der Waals surface area (Å²) in [5.74, 6) is 0.878. The lowest BCUT2D eigenvalue weighted by Gasteiger charge is -2.16. The highest BCUT2D eigenvalue weighted by Gasteiger charge is 2.10. The van der Waals surface area contributed by atoms with Gasteiger partial charge in [-0.25, -0.2) is 0 Å². The lowest BCUT2D eigenvalue weighted by atomic mass is 10.0. The summed E-state index contributed by atoms with van der Waals surface area (Å²) in [6.07, 6.45) is 2.08. The first-order valence-corrected chi connectivity index (χ1v) is 7.92. The second kappa shape index (κ2) is 7.08. The molecular weight excluding hydrogens is 322 g/mol. The fourth-order valence-corrected chi connectivity index (χ4v) is 3.44. The summed E-state index contributed by atoms with van der Waals surface area (Å²) in [6.45, 7) is 0. The van der Waals surface area contributed by atoms with Gasteiger partial charge in [0.05, 0.1) is 11.6 Å². The van der Waals surface area contributed by atoms with Gasteiger partial charge in [0.15, 0.2) is 0 Å². The van der Waals surface area contributed by atoms with E-state index in [4.69, 9.17) is 4.74 Å². The number of benzene rings is 1. The molecule has 102 valence electrons. The number of methoxy groups -OCH3 is 1. The molecule has 0 radical (unpaired) electrons. The zero-order valence-electron chi connectivity index (χ0n) is 11.2. The number of ether oxygens (including phenoxy) is 1. The molecule has 1 aromatic heterocycles. The summed E-state index contributed by atoms with van der Waals surface area (Å²) in [5.41, 5.74) is 1.31. The highest BCUT2D eigenvalue weighted by molar-refractivity contribution is 9.10. The second-order valence-corrected chi connectivity index (χ2v) is 6.33. The van der Waals surface area contributed by atoms with Gasteiger partial charge in [-0.15, -0.1) is 11.3 Å². The van der Waals surface area contributed by atoms with E-state index in [-0.39, 0.29) is 0 Å². The van der Waals surface area contributed by atoms with Crippen LogP contribution in [-0.2, 0) is 12.8 Å². The van der Waals surface area contributed by atoms with Gasteiger partial charge in [-0.1, -0.05) is 12.1 Å². The highest BCUT2D eigenvalue weighted by Crippen LogP contribution is 2.26. The van der Waals surface area contributed by atoms with Crippen molar-refractivity contribution in [3.63, 3.8) is 0 Å². The number of hydrogen-bond donors (Lipinski definition) is 1. The Morgan fingerprint density at radius 1 is 1.32 bits per heavy atom. The Bertz CT molecular complexity index is 513. The van der Waals surface area contributed by atoms with Crippen LogP contribution in [0.5, 0.6) is 5.75 Å². The minimum atomic E-state index is 0.457. The van der Waals surface area contributed by atoms with Crippen molar-refractivity contribution in [2.45, 2.75) is 18.9 Å². The molecule has 0 saturated heterocycles. The third-order valence-electron chi connectivity index (χ3n) is 3.13. The van der Waals surface area contributed by atoms with Crippen molar-refractivity contribution in [1.29, 1.82) is 0 Å². The first-order valence-electron chi connectivity index (χ1n) is 6.25. The molecule has 0 amide bonds. The van der Waals surface area contributed by atoms with Gasteiger partial charge in [-0.05, 0) is 65.0 Å². The predicted molar refractivity (Wildman–Crippen MR) is 85.3 cm³/mol. The van der Waals surface area contributed by atoms with Crippen molar-refractivity contribution < 1.29 is 4.74 Å². The van der Waals surface area contributed by atoms with Gasteiger partial charge in [0.1, 0.15) is 5.75 Å². The summed E-state index contributed by atoms with van der Waals surface area (Å²) in [5, 5.41) is 5.53.